The summed E-state index contributed by atoms with van der Waals surface area (Å²) in [5, 5.41) is 0. The van der Waals surface area contributed by atoms with Crippen molar-refractivity contribution in [2.45, 2.75) is 59.8 Å². The van der Waals surface area contributed by atoms with E-state index in [2.05, 4.69) is 20.8 Å². The Morgan fingerprint density at radius 1 is 1.13 bits per heavy atom. The molecule has 0 spiro atoms. The summed E-state index contributed by atoms with van der Waals surface area (Å²) in [5.74, 6) is 0.544. The molecular weight excluding hydrogens is 188 g/mol. The number of ether oxygens (including phenoxy) is 1. The molecule has 15 heavy (non-hydrogen) atoms. The Morgan fingerprint density at radius 2 is 1.80 bits per heavy atom. The van der Waals surface area contributed by atoms with Crippen LogP contribution in [0.25, 0.3) is 0 Å². The number of hydrogen-bond acceptors (Lipinski definition) is 2. The zero-order valence-electron chi connectivity index (χ0n) is 10.7. The van der Waals surface area contributed by atoms with Gasteiger partial charge in [0.05, 0.1) is 12.5 Å². The van der Waals surface area contributed by atoms with Gasteiger partial charge in [-0.15, -0.1) is 0 Å². The van der Waals surface area contributed by atoms with Gasteiger partial charge in [0.15, 0.2) is 0 Å². The van der Waals surface area contributed by atoms with Gasteiger partial charge < -0.3 is 4.74 Å². The lowest BCUT2D eigenvalue weighted by Gasteiger charge is -2.14. The fraction of sp³-hybridized carbons (Fsp3) is 0.923. The molecular formula is C13H26O2. The van der Waals surface area contributed by atoms with Crippen LogP contribution in [-0.4, -0.2) is 12.6 Å². The molecule has 2 unspecified atom stereocenters. The van der Waals surface area contributed by atoms with E-state index in [9.17, 15) is 4.79 Å². The summed E-state index contributed by atoms with van der Waals surface area (Å²) in [6, 6.07) is 0. The highest BCUT2D eigenvalue weighted by Crippen LogP contribution is 2.11. The lowest BCUT2D eigenvalue weighted by atomic mass is 10.0. The molecule has 2 heteroatoms. The summed E-state index contributed by atoms with van der Waals surface area (Å²) in [5.41, 5.74) is 0. The molecule has 0 aromatic rings. The van der Waals surface area contributed by atoms with Gasteiger partial charge in [-0.05, 0) is 18.8 Å². The molecule has 0 aliphatic rings. The van der Waals surface area contributed by atoms with Crippen molar-refractivity contribution in [3.63, 3.8) is 0 Å². The van der Waals surface area contributed by atoms with Gasteiger partial charge >= 0.3 is 5.97 Å². The Bertz CT molecular complexity index is 166. The third kappa shape index (κ3) is 7.40. The second kappa shape index (κ2) is 8.75. The first-order valence-electron chi connectivity index (χ1n) is 6.28. The van der Waals surface area contributed by atoms with Gasteiger partial charge in [0.2, 0.25) is 0 Å². The molecule has 0 aromatic heterocycles. The highest BCUT2D eigenvalue weighted by atomic mass is 16.5. The van der Waals surface area contributed by atoms with Crippen LogP contribution in [0, 0.1) is 11.8 Å². The molecule has 0 bridgehead atoms. The number of unbranched alkanes of at least 4 members (excludes halogenated alkanes) is 1. The van der Waals surface area contributed by atoms with Crippen molar-refractivity contribution in [1.29, 1.82) is 0 Å². The van der Waals surface area contributed by atoms with Gasteiger partial charge in [-0.3, -0.25) is 4.79 Å². The molecule has 0 aliphatic heterocycles. The predicted molar refractivity (Wildman–Crippen MR) is 63.7 cm³/mol. The van der Waals surface area contributed by atoms with Crippen molar-refractivity contribution >= 4 is 5.97 Å². The largest absolute Gasteiger partial charge is 0.465 e. The lowest BCUT2D eigenvalue weighted by Crippen LogP contribution is -2.18. The van der Waals surface area contributed by atoms with E-state index in [0.717, 1.165) is 32.1 Å². The number of carbonyl (C=O) groups is 1. The van der Waals surface area contributed by atoms with Gasteiger partial charge in [0, 0.05) is 0 Å². The van der Waals surface area contributed by atoms with Crippen LogP contribution in [0.15, 0.2) is 0 Å². The molecule has 0 N–H and O–H groups in total. The molecule has 0 amide bonds. The number of carbonyl (C=O) groups excluding carboxylic acids is 1. The quantitative estimate of drug-likeness (QED) is 0.575. The van der Waals surface area contributed by atoms with Crippen LogP contribution in [0.1, 0.15) is 59.8 Å². The average molecular weight is 214 g/mol. The zero-order chi connectivity index (χ0) is 11.7. The van der Waals surface area contributed by atoms with Crippen LogP contribution in [0.4, 0.5) is 0 Å². The first-order valence-corrected chi connectivity index (χ1v) is 6.28. The van der Waals surface area contributed by atoms with Crippen molar-refractivity contribution in [2.24, 2.45) is 11.8 Å². The molecule has 2 atom stereocenters. The van der Waals surface area contributed by atoms with Gasteiger partial charge in [0.1, 0.15) is 0 Å². The Hall–Kier alpha value is -0.530. The van der Waals surface area contributed by atoms with E-state index in [1.807, 2.05) is 6.92 Å². The molecule has 90 valence electrons. The maximum atomic E-state index is 11.5. The van der Waals surface area contributed by atoms with Crippen molar-refractivity contribution in [3.8, 4) is 0 Å². The molecule has 2 nitrogen and oxygen atoms in total. The molecule has 0 fully saturated rings. The third-order valence-corrected chi connectivity index (χ3v) is 2.68. The minimum Gasteiger partial charge on any atom is -0.465 e. The van der Waals surface area contributed by atoms with Crippen LogP contribution in [0.5, 0.6) is 0 Å². The zero-order valence-corrected chi connectivity index (χ0v) is 10.7. The van der Waals surface area contributed by atoms with Crippen molar-refractivity contribution in [1.82, 2.24) is 0 Å². The topological polar surface area (TPSA) is 26.3 Å². The SMILES string of the molecule is CCCCC(C)C(=O)OCC(C)CCC. The Kier molecular flexibility index (Phi) is 8.44. The van der Waals surface area contributed by atoms with Gasteiger partial charge in [-0.1, -0.05) is 47.0 Å². The molecule has 0 aliphatic carbocycles. The minimum atomic E-state index is -0.0218. The number of hydrogen-bond donors (Lipinski definition) is 0. The maximum absolute atomic E-state index is 11.5. The first kappa shape index (κ1) is 14.5. The van der Waals surface area contributed by atoms with Crippen LogP contribution in [-0.2, 0) is 9.53 Å². The Labute approximate surface area is 94.4 Å². The van der Waals surface area contributed by atoms with Crippen molar-refractivity contribution in [3.05, 3.63) is 0 Å². The van der Waals surface area contributed by atoms with E-state index < -0.39 is 0 Å². The smallest absolute Gasteiger partial charge is 0.308 e. The summed E-state index contributed by atoms with van der Waals surface area (Å²) >= 11 is 0. The van der Waals surface area contributed by atoms with E-state index in [0.29, 0.717) is 12.5 Å². The van der Waals surface area contributed by atoms with E-state index in [4.69, 9.17) is 4.74 Å². The molecule has 0 aromatic carbocycles. The first-order chi connectivity index (χ1) is 7.11. The highest BCUT2D eigenvalue weighted by Gasteiger charge is 2.14. The van der Waals surface area contributed by atoms with Crippen molar-refractivity contribution in [2.75, 3.05) is 6.61 Å². The maximum Gasteiger partial charge on any atom is 0.308 e. The summed E-state index contributed by atoms with van der Waals surface area (Å²) < 4.78 is 5.28. The molecule has 0 saturated heterocycles. The number of esters is 1. The van der Waals surface area contributed by atoms with Crippen molar-refractivity contribution < 1.29 is 9.53 Å². The molecule has 0 heterocycles. The summed E-state index contributed by atoms with van der Waals surface area (Å²) in [6.45, 7) is 8.97. The van der Waals surface area contributed by atoms with Gasteiger partial charge in [-0.2, -0.15) is 0 Å². The fourth-order valence-electron chi connectivity index (χ4n) is 1.57. The second-order valence-electron chi connectivity index (χ2n) is 4.57. The van der Waals surface area contributed by atoms with Crippen LogP contribution in [0.2, 0.25) is 0 Å². The van der Waals surface area contributed by atoms with Crippen LogP contribution < -0.4 is 0 Å². The average Bonchev–Trinajstić information content (AvgIpc) is 2.22. The highest BCUT2D eigenvalue weighted by molar-refractivity contribution is 5.71. The summed E-state index contributed by atoms with van der Waals surface area (Å²) in [6.07, 6.45) is 5.50. The van der Waals surface area contributed by atoms with Gasteiger partial charge in [-0.25, -0.2) is 0 Å². The summed E-state index contributed by atoms with van der Waals surface area (Å²) in [7, 11) is 0. The second-order valence-corrected chi connectivity index (χ2v) is 4.57. The van der Waals surface area contributed by atoms with Gasteiger partial charge in [0.25, 0.3) is 0 Å². The lowest BCUT2D eigenvalue weighted by molar-refractivity contribution is -0.149. The van der Waals surface area contributed by atoms with E-state index in [1.54, 1.807) is 0 Å². The van der Waals surface area contributed by atoms with Crippen LogP contribution in [0.3, 0.4) is 0 Å². The number of rotatable bonds is 8. The Morgan fingerprint density at radius 3 is 2.33 bits per heavy atom. The monoisotopic (exact) mass is 214 g/mol. The van der Waals surface area contributed by atoms with E-state index in [-0.39, 0.29) is 11.9 Å². The fourth-order valence-corrected chi connectivity index (χ4v) is 1.57. The molecule has 0 rings (SSSR count). The predicted octanol–water partition coefficient (Wildman–Crippen LogP) is 3.79. The Balaban J connectivity index is 3.63. The summed E-state index contributed by atoms with van der Waals surface area (Å²) in [4.78, 5) is 11.5. The normalized spacial score (nSPS) is 14.7. The standard InChI is InChI=1S/C13H26O2/c1-5-7-9-12(4)13(14)15-10-11(3)8-6-2/h11-12H,5-10H2,1-4H3. The van der Waals surface area contributed by atoms with Crippen LogP contribution >= 0.6 is 0 Å². The molecule has 0 saturated carbocycles. The van der Waals surface area contributed by atoms with E-state index in [1.165, 1.54) is 0 Å². The van der Waals surface area contributed by atoms with E-state index >= 15 is 0 Å². The third-order valence-electron chi connectivity index (χ3n) is 2.68. The molecule has 0 radical (unpaired) electrons. The minimum absolute atomic E-state index is 0.0218.